The van der Waals surface area contributed by atoms with Gasteiger partial charge in [-0.1, -0.05) is 11.6 Å². The molecule has 2 rings (SSSR count). The minimum Gasteiger partial charge on any atom is -0.481 e. The first-order valence-electron chi connectivity index (χ1n) is 6.14. The summed E-state index contributed by atoms with van der Waals surface area (Å²) in [5.41, 5.74) is 0.623. The Morgan fingerprint density at radius 3 is 3.00 bits per heavy atom. The molecule has 1 N–H and O–H groups in total. The van der Waals surface area contributed by atoms with Gasteiger partial charge in [0.2, 0.25) is 0 Å². The number of halogens is 1. The molecule has 0 bridgehead atoms. The van der Waals surface area contributed by atoms with Crippen molar-refractivity contribution in [2.75, 3.05) is 26.8 Å². The molecule has 0 saturated heterocycles. The molecule has 6 heteroatoms. The highest BCUT2D eigenvalue weighted by atomic mass is 35.5. The van der Waals surface area contributed by atoms with Gasteiger partial charge in [-0.15, -0.1) is 0 Å². The van der Waals surface area contributed by atoms with E-state index in [0.29, 0.717) is 16.3 Å². The highest BCUT2D eigenvalue weighted by molar-refractivity contribution is 6.35. The molecule has 0 fully saturated rings. The van der Waals surface area contributed by atoms with Crippen molar-refractivity contribution < 1.29 is 14.6 Å². The number of aromatic nitrogens is 1. The highest BCUT2D eigenvalue weighted by Crippen LogP contribution is 2.29. The summed E-state index contributed by atoms with van der Waals surface area (Å²) in [6, 6.07) is 7.04. The standard InChI is InChI=1S/C14H15ClN2O3/c1-17(7-8-18)13(19)9-20-12-5-4-11(15)10-3-2-6-16-14(10)12/h2-6,18H,7-9H2,1H3. The summed E-state index contributed by atoms with van der Waals surface area (Å²) in [6.07, 6.45) is 1.64. The third kappa shape index (κ3) is 3.18. The van der Waals surface area contributed by atoms with E-state index < -0.39 is 0 Å². The van der Waals surface area contributed by atoms with Gasteiger partial charge in [-0.3, -0.25) is 9.78 Å². The van der Waals surface area contributed by atoms with Crippen molar-refractivity contribution >= 4 is 28.4 Å². The average Bonchev–Trinajstić information content (AvgIpc) is 2.47. The second-order valence-corrected chi connectivity index (χ2v) is 4.68. The first-order chi connectivity index (χ1) is 9.63. The van der Waals surface area contributed by atoms with E-state index in [2.05, 4.69) is 4.98 Å². The second-order valence-electron chi connectivity index (χ2n) is 4.27. The van der Waals surface area contributed by atoms with Crippen LogP contribution in [0.15, 0.2) is 30.5 Å². The predicted molar refractivity (Wildman–Crippen MR) is 77.0 cm³/mol. The van der Waals surface area contributed by atoms with Crippen molar-refractivity contribution in [3.8, 4) is 5.75 Å². The third-order valence-electron chi connectivity index (χ3n) is 2.89. The number of carbonyl (C=O) groups is 1. The van der Waals surface area contributed by atoms with Crippen LogP contribution >= 0.6 is 11.6 Å². The predicted octanol–water partition coefficient (Wildman–Crippen LogP) is 1.72. The van der Waals surface area contributed by atoms with Gasteiger partial charge in [0.05, 0.1) is 11.6 Å². The first-order valence-corrected chi connectivity index (χ1v) is 6.52. The average molecular weight is 295 g/mol. The Hall–Kier alpha value is -1.85. The molecule has 0 atom stereocenters. The summed E-state index contributed by atoms with van der Waals surface area (Å²) in [6.45, 7) is 0.0965. The molecule has 0 aliphatic rings. The molecule has 1 aromatic carbocycles. The number of nitrogens with zero attached hydrogens (tertiary/aromatic N) is 2. The maximum atomic E-state index is 11.8. The summed E-state index contributed by atoms with van der Waals surface area (Å²) in [4.78, 5) is 17.4. The zero-order valence-electron chi connectivity index (χ0n) is 11.0. The van der Waals surface area contributed by atoms with Crippen molar-refractivity contribution in [3.05, 3.63) is 35.5 Å². The number of likely N-dealkylation sites (N-methyl/N-ethyl adjacent to an activating group) is 1. The van der Waals surface area contributed by atoms with E-state index in [1.54, 1.807) is 31.4 Å². The number of rotatable bonds is 5. The summed E-state index contributed by atoms with van der Waals surface area (Å²) in [7, 11) is 1.61. The van der Waals surface area contributed by atoms with Crippen molar-refractivity contribution in [2.45, 2.75) is 0 Å². The molecule has 5 nitrogen and oxygen atoms in total. The van der Waals surface area contributed by atoms with Crippen LogP contribution in [0.3, 0.4) is 0 Å². The van der Waals surface area contributed by atoms with Gasteiger partial charge in [0.25, 0.3) is 5.91 Å². The fraction of sp³-hybridized carbons (Fsp3) is 0.286. The number of pyridine rings is 1. The summed E-state index contributed by atoms with van der Waals surface area (Å²) in [5.74, 6) is 0.300. The van der Waals surface area contributed by atoms with Crippen LogP contribution in [-0.2, 0) is 4.79 Å². The van der Waals surface area contributed by atoms with E-state index in [9.17, 15) is 4.79 Å². The number of aliphatic hydroxyl groups is 1. The number of carbonyl (C=O) groups excluding carboxylic acids is 1. The van der Waals surface area contributed by atoms with Crippen LogP contribution in [0.4, 0.5) is 0 Å². The van der Waals surface area contributed by atoms with E-state index in [0.717, 1.165) is 5.39 Å². The number of benzene rings is 1. The van der Waals surface area contributed by atoms with Crippen molar-refractivity contribution in [2.24, 2.45) is 0 Å². The normalized spacial score (nSPS) is 10.6. The summed E-state index contributed by atoms with van der Waals surface area (Å²) < 4.78 is 5.51. The largest absolute Gasteiger partial charge is 0.481 e. The lowest BCUT2D eigenvalue weighted by atomic mass is 10.2. The van der Waals surface area contributed by atoms with Gasteiger partial charge in [0.1, 0.15) is 11.3 Å². The topological polar surface area (TPSA) is 62.7 Å². The SMILES string of the molecule is CN(CCO)C(=O)COc1ccc(Cl)c2cccnc12. The summed E-state index contributed by atoms with van der Waals surface area (Å²) in [5, 5.41) is 10.2. The fourth-order valence-electron chi connectivity index (χ4n) is 1.75. The molecule has 0 radical (unpaired) electrons. The minimum atomic E-state index is -0.210. The van der Waals surface area contributed by atoms with E-state index in [4.69, 9.17) is 21.4 Å². The maximum absolute atomic E-state index is 11.8. The molecule has 0 unspecified atom stereocenters. The van der Waals surface area contributed by atoms with Gasteiger partial charge in [-0.05, 0) is 24.3 Å². The Morgan fingerprint density at radius 1 is 1.45 bits per heavy atom. The zero-order chi connectivity index (χ0) is 14.5. The number of fused-ring (bicyclic) bond motifs is 1. The Bertz CT molecular complexity index is 618. The third-order valence-corrected chi connectivity index (χ3v) is 3.22. The van der Waals surface area contributed by atoms with Crippen LogP contribution in [0.1, 0.15) is 0 Å². The molecule has 1 aromatic heterocycles. The maximum Gasteiger partial charge on any atom is 0.260 e. The fourth-order valence-corrected chi connectivity index (χ4v) is 1.97. The first kappa shape index (κ1) is 14.6. The number of hydrogen-bond donors (Lipinski definition) is 1. The zero-order valence-corrected chi connectivity index (χ0v) is 11.8. The van der Waals surface area contributed by atoms with Crippen LogP contribution in [0.5, 0.6) is 5.75 Å². The molecular formula is C14H15ClN2O3. The lowest BCUT2D eigenvalue weighted by molar-refractivity contribution is -0.132. The number of ether oxygens (including phenoxy) is 1. The smallest absolute Gasteiger partial charge is 0.260 e. The number of hydrogen-bond acceptors (Lipinski definition) is 4. The Morgan fingerprint density at radius 2 is 2.25 bits per heavy atom. The van der Waals surface area contributed by atoms with Gasteiger partial charge < -0.3 is 14.7 Å². The van der Waals surface area contributed by atoms with Gasteiger partial charge in [0.15, 0.2) is 6.61 Å². The lowest BCUT2D eigenvalue weighted by Crippen LogP contribution is -2.33. The number of amides is 1. The molecule has 0 spiro atoms. The van der Waals surface area contributed by atoms with E-state index in [1.165, 1.54) is 4.90 Å². The minimum absolute atomic E-state index is 0.0757. The van der Waals surface area contributed by atoms with E-state index in [-0.39, 0.29) is 25.7 Å². The van der Waals surface area contributed by atoms with Crippen molar-refractivity contribution in [1.82, 2.24) is 9.88 Å². The van der Waals surface area contributed by atoms with Crippen LogP contribution < -0.4 is 4.74 Å². The Labute approximate surface area is 121 Å². The van der Waals surface area contributed by atoms with Crippen molar-refractivity contribution in [1.29, 1.82) is 0 Å². The number of aliphatic hydroxyl groups excluding tert-OH is 1. The van der Waals surface area contributed by atoms with Crippen LogP contribution in [-0.4, -0.2) is 47.7 Å². The molecule has 0 aliphatic heterocycles. The molecule has 1 amide bonds. The Balaban J connectivity index is 2.15. The molecule has 1 heterocycles. The van der Waals surface area contributed by atoms with Gasteiger partial charge >= 0.3 is 0 Å². The van der Waals surface area contributed by atoms with Crippen LogP contribution in [0.2, 0.25) is 5.02 Å². The molecule has 0 saturated carbocycles. The Kier molecular flexibility index (Phi) is 4.76. The molecule has 20 heavy (non-hydrogen) atoms. The summed E-state index contributed by atoms with van der Waals surface area (Å²) >= 11 is 6.08. The van der Waals surface area contributed by atoms with Gasteiger partial charge in [-0.2, -0.15) is 0 Å². The van der Waals surface area contributed by atoms with Gasteiger partial charge in [-0.25, -0.2) is 0 Å². The second kappa shape index (κ2) is 6.54. The molecule has 106 valence electrons. The lowest BCUT2D eigenvalue weighted by Gasteiger charge is -2.16. The monoisotopic (exact) mass is 294 g/mol. The van der Waals surface area contributed by atoms with Gasteiger partial charge in [0, 0.05) is 25.2 Å². The van der Waals surface area contributed by atoms with Crippen molar-refractivity contribution in [3.63, 3.8) is 0 Å². The van der Waals surface area contributed by atoms with E-state index >= 15 is 0 Å². The van der Waals surface area contributed by atoms with Crippen LogP contribution in [0.25, 0.3) is 10.9 Å². The molecular weight excluding hydrogens is 280 g/mol. The molecule has 2 aromatic rings. The highest BCUT2D eigenvalue weighted by Gasteiger charge is 2.11. The quantitative estimate of drug-likeness (QED) is 0.912. The molecule has 0 aliphatic carbocycles. The van der Waals surface area contributed by atoms with E-state index in [1.807, 2.05) is 6.07 Å². The van der Waals surface area contributed by atoms with Crippen LogP contribution in [0, 0.1) is 0 Å².